The van der Waals surface area contributed by atoms with Crippen LogP contribution in [0.15, 0.2) is 60.7 Å². The van der Waals surface area contributed by atoms with Gasteiger partial charge >= 0.3 is 0 Å². The molecule has 0 spiro atoms. The van der Waals surface area contributed by atoms with E-state index in [2.05, 4.69) is 23.3 Å². The maximum atomic E-state index is 13.3. The van der Waals surface area contributed by atoms with Crippen LogP contribution in [0, 0.1) is 11.6 Å². The summed E-state index contributed by atoms with van der Waals surface area (Å²) in [6.45, 7) is 12.5. The molecule has 0 radical (unpaired) electrons. The zero-order valence-electron chi connectivity index (χ0n) is 16.4. The van der Waals surface area contributed by atoms with Gasteiger partial charge in [-0.05, 0) is 42.3 Å². The summed E-state index contributed by atoms with van der Waals surface area (Å²) in [6.07, 6.45) is -0.342. The minimum atomic E-state index is -0.342. The average molecular weight is 386 g/mol. The summed E-state index contributed by atoms with van der Waals surface area (Å²) in [7, 11) is 0. The lowest BCUT2D eigenvalue weighted by atomic mass is 10.0. The van der Waals surface area contributed by atoms with E-state index in [9.17, 15) is 8.78 Å². The summed E-state index contributed by atoms with van der Waals surface area (Å²) in [5, 5.41) is 0. The number of hydrogen-bond donors (Lipinski definition) is 0. The number of halogens is 2. The Balaban J connectivity index is 1.57. The van der Waals surface area contributed by atoms with Crippen molar-refractivity contribution in [2.75, 3.05) is 45.9 Å². The van der Waals surface area contributed by atoms with Gasteiger partial charge in [0.15, 0.2) is 0 Å². The number of piperazine rings is 1. The fourth-order valence-electron chi connectivity index (χ4n) is 3.51. The zero-order chi connectivity index (χ0) is 19.9. The molecule has 0 unspecified atom stereocenters. The number of benzene rings is 2. The molecule has 150 valence electrons. The molecule has 0 saturated carbocycles. The van der Waals surface area contributed by atoms with Crippen molar-refractivity contribution in [1.82, 2.24) is 9.80 Å². The highest BCUT2D eigenvalue weighted by Gasteiger charge is 2.19. The Morgan fingerprint density at radius 1 is 0.893 bits per heavy atom. The summed E-state index contributed by atoms with van der Waals surface area (Å²) in [6, 6.07) is 12.6. The maximum Gasteiger partial charge on any atom is 0.123 e. The first-order chi connectivity index (χ1) is 13.5. The standard InChI is InChI=1S/C23H28F2N2O/c1-18(2)17-27-13-11-26(12-14-27)15-16-28-23(19-3-7-21(24)8-4-19)20-5-9-22(25)10-6-20/h3-10,23H,1,11-17H2,2H3. The summed E-state index contributed by atoms with van der Waals surface area (Å²) < 4.78 is 32.8. The highest BCUT2D eigenvalue weighted by Crippen LogP contribution is 2.26. The van der Waals surface area contributed by atoms with Crippen LogP contribution in [-0.2, 0) is 4.74 Å². The minimum Gasteiger partial charge on any atom is -0.367 e. The van der Waals surface area contributed by atoms with Crippen molar-refractivity contribution < 1.29 is 13.5 Å². The highest BCUT2D eigenvalue weighted by molar-refractivity contribution is 5.30. The number of ether oxygens (including phenoxy) is 1. The van der Waals surface area contributed by atoms with Gasteiger partial charge in [0, 0.05) is 39.3 Å². The van der Waals surface area contributed by atoms with Gasteiger partial charge in [-0.2, -0.15) is 0 Å². The minimum absolute atomic E-state index is 0.283. The van der Waals surface area contributed by atoms with Crippen LogP contribution >= 0.6 is 0 Å². The lowest BCUT2D eigenvalue weighted by molar-refractivity contribution is 0.0464. The summed E-state index contributed by atoms with van der Waals surface area (Å²) in [5.74, 6) is -0.566. The molecular formula is C23H28F2N2O. The van der Waals surface area contributed by atoms with Gasteiger partial charge < -0.3 is 4.74 Å². The van der Waals surface area contributed by atoms with E-state index in [4.69, 9.17) is 4.74 Å². The largest absolute Gasteiger partial charge is 0.367 e. The van der Waals surface area contributed by atoms with Crippen molar-refractivity contribution >= 4 is 0 Å². The third kappa shape index (κ3) is 5.96. The topological polar surface area (TPSA) is 15.7 Å². The third-order valence-corrected chi connectivity index (χ3v) is 5.00. The van der Waals surface area contributed by atoms with Crippen LogP contribution in [0.2, 0.25) is 0 Å². The molecule has 3 nitrogen and oxygen atoms in total. The van der Waals surface area contributed by atoms with Crippen molar-refractivity contribution in [3.63, 3.8) is 0 Å². The molecule has 2 aromatic rings. The third-order valence-electron chi connectivity index (χ3n) is 5.00. The van der Waals surface area contributed by atoms with E-state index in [1.807, 2.05) is 0 Å². The van der Waals surface area contributed by atoms with Gasteiger partial charge in [0.2, 0.25) is 0 Å². The first-order valence-corrected chi connectivity index (χ1v) is 9.73. The van der Waals surface area contributed by atoms with E-state index < -0.39 is 0 Å². The Morgan fingerprint density at radius 2 is 1.36 bits per heavy atom. The molecule has 1 saturated heterocycles. The van der Waals surface area contributed by atoms with Gasteiger partial charge in [0.25, 0.3) is 0 Å². The maximum absolute atomic E-state index is 13.3. The monoisotopic (exact) mass is 386 g/mol. The van der Waals surface area contributed by atoms with E-state index in [0.29, 0.717) is 6.61 Å². The number of nitrogens with zero attached hydrogens (tertiary/aromatic N) is 2. The van der Waals surface area contributed by atoms with Gasteiger partial charge in [-0.3, -0.25) is 9.80 Å². The Morgan fingerprint density at radius 3 is 1.82 bits per heavy atom. The van der Waals surface area contributed by atoms with Gasteiger partial charge in [-0.25, -0.2) is 8.78 Å². The average Bonchev–Trinajstić information content (AvgIpc) is 2.68. The quantitative estimate of drug-likeness (QED) is 0.631. The second kappa shape index (κ2) is 9.92. The van der Waals surface area contributed by atoms with E-state index in [1.54, 1.807) is 24.3 Å². The summed E-state index contributed by atoms with van der Waals surface area (Å²) in [5.41, 5.74) is 2.91. The normalized spacial score (nSPS) is 15.9. The first-order valence-electron chi connectivity index (χ1n) is 9.73. The van der Waals surface area contributed by atoms with Gasteiger partial charge in [0.05, 0.1) is 6.61 Å². The van der Waals surface area contributed by atoms with E-state index in [1.165, 1.54) is 29.8 Å². The van der Waals surface area contributed by atoms with Crippen LogP contribution < -0.4 is 0 Å². The Labute approximate surface area is 166 Å². The molecule has 2 aromatic carbocycles. The molecule has 0 aliphatic carbocycles. The molecule has 0 bridgehead atoms. The van der Waals surface area contributed by atoms with Crippen molar-refractivity contribution in [1.29, 1.82) is 0 Å². The first kappa shape index (κ1) is 20.6. The van der Waals surface area contributed by atoms with E-state index in [-0.39, 0.29) is 17.7 Å². The highest BCUT2D eigenvalue weighted by atomic mass is 19.1. The molecule has 1 aliphatic rings. The fourth-order valence-corrected chi connectivity index (χ4v) is 3.51. The van der Waals surface area contributed by atoms with Crippen molar-refractivity contribution in [3.8, 4) is 0 Å². The fraction of sp³-hybridized carbons (Fsp3) is 0.391. The second-order valence-corrected chi connectivity index (χ2v) is 7.43. The lowest BCUT2D eigenvalue weighted by Crippen LogP contribution is -2.47. The Bertz CT molecular complexity index is 708. The molecular weight excluding hydrogens is 358 g/mol. The van der Waals surface area contributed by atoms with Crippen LogP contribution in [0.4, 0.5) is 8.78 Å². The lowest BCUT2D eigenvalue weighted by Gasteiger charge is -2.35. The molecule has 0 atom stereocenters. The van der Waals surface area contributed by atoms with Crippen LogP contribution in [0.1, 0.15) is 24.2 Å². The Kier molecular flexibility index (Phi) is 7.31. The molecule has 0 aromatic heterocycles. The van der Waals surface area contributed by atoms with Gasteiger partial charge in [0.1, 0.15) is 17.7 Å². The predicted octanol–water partition coefficient (Wildman–Crippen LogP) is 4.26. The second-order valence-electron chi connectivity index (χ2n) is 7.43. The van der Waals surface area contributed by atoms with Crippen LogP contribution in [0.3, 0.4) is 0 Å². The molecule has 28 heavy (non-hydrogen) atoms. The summed E-state index contributed by atoms with van der Waals surface area (Å²) >= 11 is 0. The van der Waals surface area contributed by atoms with E-state index in [0.717, 1.165) is 50.4 Å². The van der Waals surface area contributed by atoms with Crippen molar-refractivity contribution in [2.45, 2.75) is 13.0 Å². The van der Waals surface area contributed by atoms with Crippen LogP contribution in [0.25, 0.3) is 0 Å². The van der Waals surface area contributed by atoms with E-state index >= 15 is 0 Å². The van der Waals surface area contributed by atoms with Crippen molar-refractivity contribution in [2.24, 2.45) is 0 Å². The molecule has 0 N–H and O–H groups in total. The SMILES string of the molecule is C=C(C)CN1CCN(CCOC(c2ccc(F)cc2)c2ccc(F)cc2)CC1. The number of hydrogen-bond acceptors (Lipinski definition) is 3. The molecule has 1 fully saturated rings. The zero-order valence-corrected chi connectivity index (χ0v) is 16.4. The molecule has 3 rings (SSSR count). The van der Waals surface area contributed by atoms with Gasteiger partial charge in [-0.15, -0.1) is 0 Å². The summed E-state index contributed by atoms with van der Waals surface area (Å²) in [4.78, 5) is 4.81. The molecule has 1 aliphatic heterocycles. The van der Waals surface area contributed by atoms with Crippen LogP contribution in [-0.4, -0.2) is 55.7 Å². The van der Waals surface area contributed by atoms with Crippen molar-refractivity contribution in [3.05, 3.63) is 83.4 Å². The molecule has 0 amide bonds. The number of rotatable bonds is 8. The Hall–Kier alpha value is -2.08. The molecule has 5 heteroatoms. The smallest absolute Gasteiger partial charge is 0.123 e. The predicted molar refractivity (Wildman–Crippen MR) is 108 cm³/mol. The van der Waals surface area contributed by atoms with Gasteiger partial charge in [-0.1, -0.05) is 36.4 Å². The molecule has 1 heterocycles. The van der Waals surface area contributed by atoms with Crippen LogP contribution in [0.5, 0.6) is 0 Å².